The zero-order valence-corrected chi connectivity index (χ0v) is 29.3. The number of aromatic nitrogens is 5. The number of hydrogen-bond acceptors (Lipinski definition) is 13. The van der Waals surface area contributed by atoms with Crippen molar-refractivity contribution in [3.8, 4) is 5.88 Å². The number of anilines is 6. The smallest absolute Gasteiger partial charge is 0.239 e. The summed E-state index contributed by atoms with van der Waals surface area (Å²) in [5, 5.41) is 7.01. The number of nitrogens with zero attached hydrogens (tertiary/aromatic N) is 9. The molecule has 2 fully saturated rings. The van der Waals surface area contributed by atoms with Crippen LogP contribution >= 0.6 is 11.9 Å². The minimum Gasteiger partial charge on any atom is -0.479 e. The summed E-state index contributed by atoms with van der Waals surface area (Å²) in [4.78, 5) is 31.4. The minimum absolute atomic E-state index is 0.466. The van der Waals surface area contributed by atoms with Crippen molar-refractivity contribution >= 4 is 57.6 Å². The van der Waals surface area contributed by atoms with E-state index in [1.54, 1.807) is 31.5 Å². The number of nitrogens with one attached hydrogen (secondary N) is 2. The number of fused-ring (bicyclic) bond motifs is 1. The molecular weight excluding hydrogens is 611 g/mol. The lowest BCUT2D eigenvalue weighted by Gasteiger charge is -2.42. The van der Waals surface area contributed by atoms with Gasteiger partial charge in [0.25, 0.3) is 0 Å². The monoisotopic (exact) mass is 657 g/mol. The fourth-order valence-corrected chi connectivity index (χ4v) is 6.92. The molecule has 0 radical (unpaired) electrons. The first kappa shape index (κ1) is 33.0. The Balaban J connectivity index is 1.23. The SMILES string of the molecule is CCc1cnc(Nc2cc(CC)c(N3CCC(N4CCN(C)CC4)CC3)nc2OC)nc1Nc1ccc2nccnc2c1N(C)SC. The molecule has 0 amide bonds. The topological polar surface area (TPSA) is 111 Å². The second-order valence-electron chi connectivity index (χ2n) is 12.2. The van der Waals surface area contributed by atoms with Gasteiger partial charge in [0.05, 0.1) is 24.0 Å². The van der Waals surface area contributed by atoms with Crippen LogP contribution in [0.5, 0.6) is 5.88 Å². The Hall–Kier alpha value is -3.94. The lowest BCUT2D eigenvalue weighted by atomic mass is 10.0. The van der Waals surface area contributed by atoms with Crippen LogP contribution in [0.3, 0.4) is 0 Å². The van der Waals surface area contributed by atoms with E-state index in [4.69, 9.17) is 14.7 Å². The number of pyridine rings is 1. The summed E-state index contributed by atoms with van der Waals surface area (Å²) in [6.07, 6.45) is 11.3. The van der Waals surface area contributed by atoms with Crippen LogP contribution in [0.4, 0.5) is 34.6 Å². The Kier molecular flexibility index (Phi) is 10.4. The summed E-state index contributed by atoms with van der Waals surface area (Å²) >= 11 is 1.61. The largest absolute Gasteiger partial charge is 0.479 e. The van der Waals surface area contributed by atoms with Gasteiger partial charge in [0.1, 0.15) is 22.8 Å². The van der Waals surface area contributed by atoms with Gasteiger partial charge in [-0.1, -0.05) is 25.8 Å². The Morgan fingerprint density at radius 2 is 1.66 bits per heavy atom. The summed E-state index contributed by atoms with van der Waals surface area (Å²) in [5.74, 6) is 2.74. The minimum atomic E-state index is 0.466. The van der Waals surface area contributed by atoms with E-state index in [9.17, 15) is 0 Å². The molecule has 6 rings (SSSR count). The third kappa shape index (κ3) is 7.16. The maximum atomic E-state index is 5.84. The van der Waals surface area contributed by atoms with Gasteiger partial charge >= 0.3 is 0 Å². The molecule has 0 saturated carbocycles. The molecule has 0 aliphatic carbocycles. The average Bonchev–Trinajstić information content (AvgIpc) is 3.11. The number of methoxy groups -OCH3 is 1. The normalized spacial score (nSPS) is 16.4. The molecule has 4 aromatic rings. The molecular formula is C34H47N11OS. The number of aryl methyl sites for hydroxylation is 2. The van der Waals surface area contributed by atoms with Crippen molar-refractivity contribution < 1.29 is 4.74 Å². The van der Waals surface area contributed by atoms with E-state index in [-0.39, 0.29) is 0 Å². The first-order valence-corrected chi connectivity index (χ1v) is 17.8. The van der Waals surface area contributed by atoms with E-state index >= 15 is 0 Å². The number of ether oxygens (including phenoxy) is 1. The van der Waals surface area contributed by atoms with E-state index in [0.29, 0.717) is 17.9 Å². The van der Waals surface area contributed by atoms with Crippen LogP contribution < -0.4 is 24.6 Å². The fourth-order valence-electron chi connectivity index (χ4n) is 6.55. The molecule has 12 nitrogen and oxygen atoms in total. The summed E-state index contributed by atoms with van der Waals surface area (Å²) in [7, 11) is 5.91. The molecule has 3 aromatic heterocycles. The molecule has 0 atom stereocenters. The Bertz CT molecular complexity index is 1670. The van der Waals surface area contributed by atoms with Gasteiger partial charge < -0.3 is 29.5 Å². The molecule has 2 N–H and O–H groups in total. The van der Waals surface area contributed by atoms with Crippen LogP contribution in [-0.4, -0.2) is 107 Å². The quantitative estimate of drug-likeness (QED) is 0.202. The third-order valence-electron chi connectivity index (χ3n) is 9.38. The molecule has 0 spiro atoms. The number of likely N-dealkylation sites (N-methyl/N-ethyl adjacent to an activating group) is 1. The van der Waals surface area contributed by atoms with Crippen molar-refractivity contribution in [3.05, 3.63) is 47.9 Å². The van der Waals surface area contributed by atoms with Crippen LogP contribution in [-0.2, 0) is 12.8 Å². The highest BCUT2D eigenvalue weighted by Crippen LogP contribution is 2.38. The van der Waals surface area contributed by atoms with Gasteiger partial charge in [0, 0.05) is 82.8 Å². The third-order valence-corrected chi connectivity index (χ3v) is 10.1. The molecule has 1 aromatic carbocycles. The van der Waals surface area contributed by atoms with Crippen molar-refractivity contribution in [2.75, 3.05) is 86.6 Å². The summed E-state index contributed by atoms with van der Waals surface area (Å²) in [5.41, 5.74) is 6.43. The zero-order valence-electron chi connectivity index (χ0n) is 28.5. The van der Waals surface area contributed by atoms with Crippen molar-refractivity contribution in [3.63, 3.8) is 0 Å². The highest BCUT2D eigenvalue weighted by atomic mass is 32.2. The van der Waals surface area contributed by atoms with Crippen molar-refractivity contribution in [2.45, 2.75) is 45.6 Å². The number of hydrogen-bond donors (Lipinski definition) is 2. The number of benzene rings is 1. The molecule has 2 aliphatic heterocycles. The lowest BCUT2D eigenvalue weighted by molar-refractivity contribution is 0.0981. The first-order chi connectivity index (χ1) is 22.9. The second kappa shape index (κ2) is 14.9. The van der Waals surface area contributed by atoms with Crippen molar-refractivity contribution in [1.29, 1.82) is 0 Å². The Labute approximate surface area is 282 Å². The van der Waals surface area contributed by atoms with E-state index in [1.807, 2.05) is 31.6 Å². The average molecular weight is 658 g/mol. The highest BCUT2D eigenvalue weighted by molar-refractivity contribution is 7.99. The summed E-state index contributed by atoms with van der Waals surface area (Å²) in [6, 6.07) is 6.80. The van der Waals surface area contributed by atoms with E-state index in [1.165, 1.54) is 18.7 Å². The van der Waals surface area contributed by atoms with Gasteiger partial charge in [-0.25, -0.2) is 4.98 Å². The van der Waals surface area contributed by atoms with E-state index in [0.717, 1.165) is 97.2 Å². The standard InChI is InChI=1S/C34H47N11OS/c1-7-23-21-28(33(46-5)41-32(23)45-15-11-25(12-16-45)44-19-17-42(3)18-20-44)39-34-37-22-24(8-2)31(40-34)38-27-10-9-26-29(36-14-13-35-26)30(27)43(4)47-6/h9-10,13-14,21-22,25H,7-8,11-12,15-20H2,1-6H3,(H2,37,38,39,40). The zero-order chi connectivity index (χ0) is 32.9. The number of piperidine rings is 1. The van der Waals surface area contributed by atoms with Crippen LogP contribution in [0.1, 0.15) is 37.8 Å². The van der Waals surface area contributed by atoms with Gasteiger partial charge in [0.15, 0.2) is 0 Å². The van der Waals surface area contributed by atoms with Crippen LogP contribution in [0.2, 0.25) is 0 Å². The lowest BCUT2D eigenvalue weighted by Crippen LogP contribution is -2.52. The molecule has 0 unspecified atom stereocenters. The predicted molar refractivity (Wildman–Crippen MR) is 194 cm³/mol. The first-order valence-electron chi connectivity index (χ1n) is 16.6. The Morgan fingerprint density at radius 3 is 2.36 bits per heavy atom. The molecule has 13 heteroatoms. The van der Waals surface area contributed by atoms with Gasteiger partial charge in [-0.15, -0.1) is 0 Å². The molecule has 47 heavy (non-hydrogen) atoms. The van der Waals surface area contributed by atoms with Crippen molar-refractivity contribution in [1.82, 2.24) is 34.7 Å². The maximum Gasteiger partial charge on any atom is 0.239 e. The highest BCUT2D eigenvalue weighted by Gasteiger charge is 2.28. The van der Waals surface area contributed by atoms with Crippen LogP contribution in [0.25, 0.3) is 11.0 Å². The predicted octanol–water partition coefficient (Wildman–Crippen LogP) is 5.37. The molecule has 0 bridgehead atoms. The molecule has 2 saturated heterocycles. The molecule has 250 valence electrons. The van der Waals surface area contributed by atoms with E-state index in [2.05, 4.69) is 71.6 Å². The summed E-state index contributed by atoms with van der Waals surface area (Å²) < 4.78 is 7.92. The van der Waals surface area contributed by atoms with Gasteiger partial charge in [0.2, 0.25) is 11.8 Å². The second-order valence-corrected chi connectivity index (χ2v) is 13.1. The van der Waals surface area contributed by atoms with Gasteiger partial charge in [-0.3, -0.25) is 14.9 Å². The van der Waals surface area contributed by atoms with Crippen molar-refractivity contribution in [2.24, 2.45) is 0 Å². The molecule has 5 heterocycles. The fraction of sp³-hybridized carbons (Fsp3) is 0.500. The van der Waals surface area contributed by atoms with E-state index < -0.39 is 0 Å². The Morgan fingerprint density at radius 1 is 0.915 bits per heavy atom. The van der Waals surface area contributed by atoms with Gasteiger partial charge in [-0.2, -0.15) is 9.97 Å². The maximum absolute atomic E-state index is 5.84. The van der Waals surface area contributed by atoms with Crippen LogP contribution in [0.15, 0.2) is 36.8 Å². The number of piperazine rings is 1. The van der Waals surface area contributed by atoms with Gasteiger partial charge in [-0.05, 0) is 56.5 Å². The number of rotatable bonds is 11. The summed E-state index contributed by atoms with van der Waals surface area (Å²) in [6.45, 7) is 10.9. The molecule has 2 aliphatic rings. The van der Waals surface area contributed by atoms with Crippen LogP contribution in [0, 0.1) is 0 Å².